The number of hydrogen-bond donors (Lipinski definition) is 0. The van der Waals surface area contributed by atoms with Crippen LogP contribution in [0.25, 0.3) is 0 Å². The summed E-state index contributed by atoms with van der Waals surface area (Å²) in [6.07, 6.45) is 2.40. The Morgan fingerprint density at radius 1 is 1.53 bits per heavy atom. The first-order chi connectivity index (χ1) is 7.31. The van der Waals surface area contributed by atoms with Crippen LogP contribution in [0, 0.1) is 11.3 Å². The summed E-state index contributed by atoms with van der Waals surface area (Å²) < 4.78 is 0. The van der Waals surface area contributed by atoms with Crippen LogP contribution in [0.3, 0.4) is 0 Å². The first-order valence-electron chi connectivity index (χ1n) is 4.94. The van der Waals surface area contributed by atoms with Crippen LogP contribution in [0.15, 0.2) is 18.3 Å². The average Bonchev–Trinajstić information content (AvgIpc) is 2.31. The molecule has 0 fully saturated rings. The Kier molecular flexibility index (Phi) is 5.13. The van der Waals surface area contributed by atoms with E-state index in [0.29, 0.717) is 6.42 Å². The van der Waals surface area contributed by atoms with E-state index >= 15 is 0 Å². The normalized spacial score (nSPS) is 9.67. The number of aromatic nitrogens is 1. The predicted molar refractivity (Wildman–Crippen MR) is 65.0 cm³/mol. The molecule has 1 aromatic heterocycles. The topological polar surface area (TPSA) is 39.9 Å². The lowest BCUT2D eigenvalue weighted by Gasteiger charge is -2.20. The van der Waals surface area contributed by atoms with E-state index in [4.69, 9.17) is 5.26 Å². The lowest BCUT2D eigenvalue weighted by molar-refractivity contribution is 0.810. The van der Waals surface area contributed by atoms with Gasteiger partial charge in [0.1, 0.15) is 5.82 Å². The van der Waals surface area contributed by atoms with E-state index in [9.17, 15) is 0 Å². The minimum atomic E-state index is 0.537. The van der Waals surface area contributed by atoms with Gasteiger partial charge in [-0.2, -0.15) is 5.26 Å². The van der Waals surface area contributed by atoms with E-state index in [1.807, 2.05) is 18.3 Å². The van der Waals surface area contributed by atoms with Gasteiger partial charge in [-0.15, -0.1) is 0 Å². The molecular formula is C11H14BrN3. The molecule has 0 aromatic carbocycles. The van der Waals surface area contributed by atoms with E-state index in [0.717, 1.165) is 29.8 Å². The van der Waals surface area contributed by atoms with Crippen LogP contribution in [0.5, 0.6) is 0 Å². The fraction of sp³-hybridized carbons (Fsp3) is 0.455. The SMILES string of the molecule is CCN(CCC#N)c1ccc(CBr)cn1. The Morgan fingerprint density at radius 3 is 2.80 bits per heavy atom. The van der Waals surface area contributed by atoms with Gasteiger partial charge in [0.15, 0.2) is 0 Å². The van der Waals surface area contributed by atoms with Crippen LogP contribution in [0.2, 0.25) is 0 Å². The second-order valence-corrected chi connectivity index (χ2v) is 3.71. The summed E-state index contributed by atoms with van der Waals surface area (Å²) in [4.78, 5) is 6.46. The molecule has 0 unspecified atom stereocenters. The molecule has 4 heteroatoms. The monoisotopic (exact) mass is 267 g/mol. The highest BCUT2D eigenvalue weighted by molar-refractivity contribution is 9.08. The minimum Gasteiger partial charge on any atom is -0.356 e. The highest BCUT2D eigenvalue weighted by Gasteiger charge is 2.04. The Balaban J connectivity index is 2.70. The Bertz CT molecular complexity index is 329. The molecule has 3 nitrogen and oxygen atoms in total. The molecule has 0 saturated carbocycles. The molecule has 1 heterocycles. The van der Waals surface area contributed by atoms with Gasteiger partial charge in [0.25, 0.3) is 0 Å². The van der Waals surface area contributed by atoms with Gasteiger partial charge in [-0.3, -0.25) is 0 Å². The minimum absolute atomic E-state index is 0.537. The van der Waals surface area contributed by atoms with Gasteiger partial charge in [-0.05, 0) is 18.6 Å². The molecule has 0 spiro atoms. The van der Waals surface area contributed by atoms with E-state index < -0.39 is 0 Å². The van der Waals surface area contributed by atoms with Crippen molar-refractivity contribution in [2.75, 3.05) is 18.0 Å². The van der Waals surface area contributed by atoms with Gasteiger partial charge in [0, 0.05) is 24.6 Å². The molecular weight excluding hydrogens is 254 g/mol. The molecule has 0 saturated heterocycles. The Morgan fingerprint density at radius 2 is 2.33 bits per heavy atom. The molecule has 1 aromatic rings. The molecule has 0 aliphatic rings. The lowest BCUT2D eigenvalue weighted by atomic mass is 10.3. The van der Waals surface area contributed by atoms with Crippen LogP contribution >= 0.6 is 15.9 Å². The quantitative estimate of drug-likeness (QED) is 0.771. The largest absolute Gasteiger partial charge is 0.356 e. The summed E-state index contributed by atoms with van der Waals surface area (Å²) >= 11 is 3.38. The number of halogens is 1. The predicted octanol–water partition coefficient (Wildman–Crippen LogP) is 2.72. The van der Waals surface area contributed by atoms with E-state index in [1.54, 1.807) is 0 Å². The van der Waals surface area contributed by atoms with Gasteiger partial charge < -0.3 is 4.90 Å². The smallest absolute Gasteiger partial charge is 0.128 e. The number of nitriles is 1. The van der Waals surface area contributed by atoms with Crippen molar-refractivity contribution in [3.05, 3.63) is 23.9 Å². The maximum absolute atomic E-state index is 8.54. The zero-order chi connectivity index (χ0) is 11.1. The Hall–Kier alpha value is -1.08. The number of anilines is 1. The standard InChI is InChI=1S/C11H14BrN3/c1-2-15(7-3-6-13)11-5-4-10(8-12)9-14-11/h4-5,9H,2-3,7-8H2,1H3. The van der Waals surface area contributed by atoms with Crippen molar-refractivity contribution >= 4 is 21.7 Å². The van der Waals surface area contributed by atoms with Crippen LogP contribution in [0.1, 0.15) is 18.9 Å². The summed E-state index contributed by atoms with van der Waals surface area (Å²) in [6, 6.07) is 6.19. The number of pyridine rings is 1. The molecule has 0 radical (unpaired) electrons. The van der Waals surface area contributed by atoms with Crippen molar-refractivity contribution < 1.29 is 0 Å². The number of alkyl halides is 1. The van der Waals surface area contributed by atoms with Crippen molar-refractivity contribution in [2.45, 2.75) is 18.7 Å². The molecule has 1 rings (SSSR count). The average molecular weight is 268 g/mol. The van der Waals surface area contributed by atoms with E-state index in [2.05, 4.69) is 38.8 Å². The summed E-state index contributed by atoms with van der Waals surface area (Å²) in [5.74, 6) is 0.942. The van der Waals surface area contributed by atoms with Crippen LogP contribution in [0.4, 0.5) is 5.82 Å². The van der Waals surface area contributed by atoms with Crippen molar-refractivity contribution in [3.63, 3.8) is 0 Å². The lowest BCUT2D eigenvalue weighted by Crippen LogP contribution is -2.24. The van der Waals surface area contributed by atoms with Crippen LogP contribution in [-0.2, 0) is 5.33 Å². The van der Waals surface area contributed by atoms with Crippen molar-refractivity contribution in [2.24, 2.45) is 0 Å². The van der Waals surface area contributed by atoms with Crippen molar-refractivity contribution in [3.8, 4) is 6.07 Å². The summed E-state index contributed by atoms with van der Waals surface area (Å²) in [5, 5.41) is 9.36. The van der Waals surface area contributed by atoms with Gasteiger partial charge in [-0.1, -0.05) is 22.0 Å². The molecule has 0 amide bonds. The molecule has 0 bridgehead atoms. The van der Waals surface area contributed by atoms with Crippen LogP contribution < -0.4 is 4.90 Å². The second-order valence-electron chi connectivity index (χ2n) is 3.15. The molecule has 0 aliphatic heterocycles. The van der Waals surface area contributed by atoms with Gasteiger partial charge in [-0.25, -0.2) is 4.98 Å². The third-order valence-corrected chi connectivity index (χ3v) is 2.81. The van der Waals surface area contributed by atoms with Gasteiger partial charge in [0.05, 0.1) is 12.5 Å². The first kappa shape index (κ1) is 12.0. The van der Waals surface area contributed by atoms with Crippen molar-refractivity contribution in [1.82, 2.24) is 4.98 Å². The maximum Gasteiger partial charge on any atom is 0.128 e. The molecule has 80 valence electrons. The number of nitrogens with zero attached hydrogens (tertiary/aromatic N) is 3. The molecule has 0 aliphatic carbocycles. The molecule has 15 heavy (non-hydrogen) atoms. The summed E-state index contributed by atoms with van der Waals surface area (Å²) in [7, 11) is 0. The van der Waals surface area contributed by atoms with Crippen LogP contribution in [-0.4, -0.2) is 18.1 Å². The zero-order valence-corrected chi connectivity index (χ0v) is 10.4. The third kappa shape index (κ3) is 3.52. The second kappa shape index (κ2) is 6.41. The van der Waals surface area contributed by atoms with Gasteiger partial charge >= 0.3 is 0 Å². The zero-order valence-electron chi connectivity index (χ0n) is 8.78. The Labute approximate surface area is 98.9 Å². The summed E-state index contributed by atoms with van der Waals surface area (Å²) in [5.41, 5.74) is 1.16. The maximum atomic E-state index is 8.54. The van der Waals surface area contributed by atoms with E-state index in [-0.39, 0.29) is 0 Å². The van der Waals surface area contributed by atoms with Gasteiger partial charge in [0.2, 0.25) is 0 Å². The van der Waals surface area contributed by atoms with E-state index in [1.165, 1.54) is 0 Å². The number of rotatable bonds is 5. The highest BCUT2D eigenvalue weighted by atomic mass is 79.9. The fourth-order valence-electron chi connectivity index (χ4n) is 1.30. The molecule has 0 N–H and O–H groups in total. The highest BCUT2D eigenvalue weighted by Crippen LogP contribution is 2.12. The fourth-order valence-corrected chi connectivity index (χ4v) is 1.63. The third-order valence-electron chi connectivity index (χ3n) is 2.16. The first-order valence-corrected chi connectivity index (χ1v) is 6.06. The number of hydrogen-bond acceptors (Lipinski definition) is 3. The molecule has 0 atom stereocenters. The van der Waals surface area contributed by atoms with Crippen molar-refractivity contribution in [1.29, 1.82) is 5.26 Å². The summed E-state index contributed by atoms with van der Waals surface area (Å²) in [6.45, 7) is 3.69.